The van der Waals surface area contributed by atoms with E-state index < -0.39 is 6.10 Å². The van der Waals surface area contributed by atoms with Gasteiger partial charge in [-0.05, 0) is 24.8 Å². The van der Waals surface area contributed by atoms with Gasteiger partial charge in [-0.25, -0.2) is 0 Å². The molecule has 1 saturated carbocycles. The summed E-state index contributed by atoms with van der Waals surface area (Å²) in [5, 5.41) is 18.4. The van der Waals surface area contributed by atoms with E-state index in [-0.39, 0.29) is 5.91 Å². The molecule has 1 amide bonds. The average Bonchev–Trinajstić information content (AvgIpc) is 2.90. The minimum Gasteiger partial charge on any atom is -0.391 e. The van der Waals surface area contributed by atoms with Crippen LogP contribution in [0, 0.1) is 5.92 Å². The third-order valence-corrected chi connectivity index (χ3v) is 2.38. The number of nitrogens with one attached hydrogen (secondary N) is 2. The summed E-state index contributed by atoms with van der Waals surface area (Å²) < 4.78 is 0. The first-order valence-electron chi connectivity index (χ1n) is 4.73. The number of hydrogen-bond acceptors (Lipinski definition) is 3. The zero-order valence-corrected chi connectivity index (χ0v) is 7.73. The number of carbonyl (C=O) groups excluding carboxylic acids is 1. The molecule has 0 aromatic carbocycles. The molecule has 3 N–H and O–H groups in total. The molecule has 0 bridgehead atoms. The zero-order chi connectivity index (χ0) is 9.97. The Kier molecular flexibility index (Phi) is 2.49. The van der Waals surface area contributed by atoms with Crippen LogP contribution < -0.4 is 5.32 Å². The van der Waals surface area contributed by atoms with E-state index in [0.29, 0.717) is 18.2 Å². The predicted molar refractivity (Wildman–Crippen MR) is 49.7 cm³/mol. The van der Waals surface area contributed by atoms with E-state index in [1.165, 1.54) is 6.20 Å². The summed E-state index contributed by atoms with van der Waals surface area (Å²) in [7, 11) is 0. The van der Waals surface area contributed by atoms with Gasteiger partial charge in [0.1, 0.15) is 5.69 Å². The van der Waals surface area contributed by atoms with Gasteiger partial charge in [-0.2, -0.15) is 5.10 Å². The second-order valence-electron chi connectivity index (χ2n) is 3.59. The highest BCUT2D eigenvalue weighted by atomic mass is 16.3. The lowest BCUT2D eigenvalue weighted by atomic mass is 10.2. The lowest BCUT2D eigenvalue weighted by Gasteiger charge is -2.09. The monoisotopic (exact) mass is 195 g/mol. The van der Waals surface area contributed by atoms with Gasteiger partial charge in [0.15, 0.2) is 0 Å². The van der Waals surface area contributed by atoms with Gasteiger partial charge < -0.3 is 10.4 Å². The highest BCUT2D eigenvalue weighted by molar-refractivity contribution is 5.92. The normalized spacial score (nSPS) is 17.8. The fourth-order valence-electron chi connectivity index (χ4n) is 1.32. The van der Waals surface area contributed by atoms with Crippen molar-refractivity contribution >= 4 is 5.91 Å². The standard InChI is InChI=1S/C9H13N3O2/c13-8(6-1-2-6)5-10-9(14)7-3-4-11-12-7/h3-4,6,8,13H,1-2,5H2,(H,10,14)(H,11,12). The molecule has 1 unspecified atom stereocenters. The third-order valence-electron chi connectivity index (χ3n) is 2.38. The van der Waals surface area contributed by atoms with Gasteiger partial charge in [0, 0.05) is 12.7 Å². The largest absolute Gasteiger partial charge is 0.391 e. The Labute approximate surface area is 81.5 Å². The van der Waals surface area contributed by atoms with Gasteiger partial charge in [0.2, 0.25) is 0 Å². The number of hydrogen-bond donors (Lipinski definition) is 3. The fourth-order valence-corrected chi connectivity index (χ4v) is 1.32. The third kappa shape index (κ3) is 2.11. The quantitative estimate of drug-likeness (QED) is 0.628. The maximum Gasteiger partial charge on any atom is 0.269 e. The van der Waals surface area contributed by atoms with Crippen LogP contribution in [-0.2, 0) is 0 Å². The number of aromatic amines is 1. The van der Waals surface area contributed by atoms with E-state index in [0.717, 1.165) is 12.8 Å². The average molecular weight is 195 g/mol. The van der Waals surface area contributed by atoms with Crippen molar-refractivity contribution in [3.05, 3.63) is 18.0 Å². The first-order chi connectivity index (χ1) is 6.77. The summed E-state index contributed by atoms with van der Waals surface area (Å²) in [5.41, 5.74) is 0.424. The second kappa shape index (κ2) is 3.79. The van der Waals surface area contributed by atoms with Crippen LogP contribution in [0.5, 0.6) is 0 Å². The zero-order valence-electron chi connectivity index (χ0n) is 7.73. The molecule has 1 aromatic heterocycles. The van der Waals surface area contributed by atoms with Crippen molar-refractivity contribution in [1.82, 2.24) is 15.5 Å². The highest BCUT2D eigenvalue weighted by Gasteiger charge is 2.29. The number of aliphatic hydroxyl groups excluding tert-OH is 1. The number of nitrogens with zero attached hydrogens (tertiary/aromatic N) is 1. The van der Waals surface area contributed by atoms with Gasteiger partial charge in [-0.1, -0.05) is 0 Å². The van der Waals surface area contributed by atoms with E-state index >= 15 is 0 Å². The topological polar surface area (TPSA) is 78.0 Å². The van der Waals surface area contributed by atoms with Crippen molar-refractivity contribution in [1.29, 1.82) is 0 Å². The lowest BCUT2D eigenvalue weighted by molar-refractivity contribution is 0.0896. The predicted octanol–water partition coefficient (Wildman–Crippen LogP) is -0.0896. The first kappa shape index (κ1) is 9.21. The molecule has 1 aliphatic rings. The smallest absolute Gasteiger partial charge is 0.269 e. The first-order valence-corrected chi connectivity index (χ1v) is 4.73. The molecule has 0 aliphatic heterocycles. The second-order valence-corrected chi connectivity index (χ2v) is 3.59. The van der Waals surface area contributed by atoms with E-state index in [9.17, 15) is 9.90 Å². The summed E-state index contributed by atoms with van der Waals surface area (Å²) in [6, 6.07) is 1.60. The van der Waals surface area contributed by atoms with Crippen LogP contribution >= 0.6 is 0 Å². The number of aliphatic hydroxyl groups is 1. The van der Waals surface area contributed by atoms with Crippen molar-refractivity contribution in [3.63, 3.8) is 0 Å². The Balaban J connectivity index is 1.77. The molecule has 1 heterocycles. The number of aromatic nitrogens is 2. The van der Waals surface area contributed by atoms with Crippen LogP contribution in [0.4, 0.5) is 0 Å². The van der Waals surface area contributed by atoms with Crippen molar-refractivity contribution < 1.29 is 9.90 Å². The fraction of sp³-hybridized carbons (Fsp3) is 0.556. The van der Waals surface area contributed by atoms with Crippen LogP contribution in [-0.4, -0.2) is 33.9 Å². The SMILES string of the molecule is O=C(NCC(O)C1CC1)c1ccn[nH]1. The molecule has 0 spiro atoms. The number of H-pyrrole nitrogens is 1. The van der Waals surface area contributed by atoms with Crippen molar-refractivity contribution in [2.45, 2.75) is 18.9 Å². The molecular formula is C9H13N3O2. The summed E-state index contributed by atoms with van der Waals surface area (Å²) >= 11 is 0. The van der Waals surface area contributed by atoms with Crippen molar-refractivity contribution in [2.75, 3.05) is 6.54 Å². The van der Waals surface area contributed by atoms with Gasteiger partial charge >= 0.3 is 0 Å². The Morgan fingerprint density at radius 1 is 1.79 bits per heavy atom. The molecule has 1 atom stereocenters. The Hall–Kier alpha value is -1.36. The summed E-state index contributed by atoms with van der Waals surface area (Å²) in [6.45, 7) is 0.322. The molecule has 2 rings (SSSR count). The number of amides is 1. The molecule has 0 saturated heterocycles. The Morgan fingerprint density at radius 2 is 2.57 bits per heavy atom. The van der Waals surface area contributed by atoms with Gasteiger partial charge in [0.05, 0.1) is 6.10 Å². The molecular weight excluding hydrogens is 182 g/mol. The maximum atomic E-state index is 11.4. The summed E-state index contributed by atoms with van der Waals surface area (Å²) in [4.78, 5) is 11.4. The van der Waals surface area contributed by atoms with E-state index in [2.05, 4.69) is 15.5 Å². The van der Waals surface area contributed by atoms with Crippen LogP contribution in [0.15, 0.2) is 12.3 Å². The van der Waals surface area contributed by atoms with Crippen LogP contribution in [0.3, 0.4) is 0 Å². The number of rotatable bonds is 4. The molecule has 1 fully saturated rings. The van der Waals surface area contributed by atoms with Crippen LogP contribution in [0.1, 0.15) is 23.3 Å². The minimum atomic E-state index is -0.401. The minimum absolute atomic E-state index is 0.220. The van der Waals surface area contributed by atoms with Gasteiger partial charge in [0.25, 0.3) is 5.91 Å². The molecule has 1 aliphatic carbocycles. The lowest BCUT2D eigenvalue weighted by Crippen LogP contribution is -2.33. The van der Waals surface area contributed by atoms with E-state index in [4.69, 9.17) is 0 Å². The molecule has 1 aromatic rings. The molecule has 5 heteroatoms. The summed E-state index contributed by atoms with van der Waals surface area (Å²) in [5.74, 6) is 0.166. The van der Waals surface area contributed by atoms with Crippen LogP contribution in [0.25, 0.3) is 0 Å². The van der Waals surface area contributed by atoms with Crippen LogP contribution in [0.2, 0.25) is 0 Å². The maximum absolute atomic E-state index is 11.4. The molecule has 5 nitrogen and oxygen atoms in total. The van der Waals surface area contributed by atoms with E-state index in [1.807, 2.05) is 0 Å². The van der Waals surface area contributed by atoms with Crippen molar-refractivity contribution in [2.24, 2.45) is 5.92 Å². The molecule has 14 heavy (non-hydrogen) atoms. The Bertz CT molecular complexity index is 306. The number of carbonyl (C=O) groups is 1. The van der Waals surface area contributed by atoms with Gasteiger partial charge in [-0.15, -0.1) is 0 Å². The highest BCUT2D eigenvalue weighted by Crippen LogP contribution is 2.32. The van der Waals surface area contributed by atoms with Crippen molar-refractivity contribution in [3.8, 4) is 0 Å². The molecule has 0 radical (unpaired) electrons. The van der Waals surface area contributed by atoms with E-state index in [1.54, 1.807) is 6.07 Å². The Morgan fingerprint density at radius 3 is 3.14 bits per heavy atom. The van der Waals surface area contributed by atoms with Gasteiger partial charge in [-0.3, -0.25) is 9.89 Å². The summed E-state index contributed by atoms with van der Waals surface area (Å²) in [6.07, 6.45) is 3.26. The molecule has 76 valence electrons.